The van der Waals surface area contributed by atoms with Crippen LogP contribution in [0.5, 0.6) is 5.75 Å². The Hall–Kier alpha value is -2.66. The smallest absolute Gasteiger partial charge is 0.258 e. The molecule has 0 amide bonds. The maximum absolute atomic E-state index is 12.3. The van der Waals surface area contributed by atoms with Gasteiger partial charge in [-0.2, -0.15) is 0 Å². The predicted octanol–water partition coefficient (Wildman–Crippen LogP) is 3.51. The largest absolute Gasteiger partial charge is 0.494 e. The van der Waals surface area contributed by atoms with E-state index in [9.17, 15) is 4.79 Å². The summed E-state index contributed by atoms with van der Waals surface area (Å²) in [6, 6.07) is 15.5. The van der Waals surface area contributed by atoms with Gasteiger partial charge in [-0.1, -0.05) is 24.3 Å². The van der Waals surface area contributed by atoms with Gasteiger partial charge in [-0.15, -0.1) is 0 Å². The van der Waals surface area contributed by atoms with Gasteiger partial charge in [0.15, 0.2) is 0 Å². The SMILES string of the molecule is CCOc1ccc(CN(C)C(C)c2nc3ccccc3c(=O)[nH]2)cc1. The molecule has 25 heavy (non-hydrogen) atoms. The van der Waals surface area contributed by atoms with E-state index in [1.807, 2.05) is 51.2 Å². The zero-order valence-corrected chi connectivity index (χ0v) is 14.8. The van der Waals surface area contributed by atoms with Crippen molar-refractivity contribution in [2.24, 2.45) is 0 Å². The van der Waals surface area contributed by atoms with Crippen LogP contribution in [0.1, 0.15) is 31.3 Å². The second-order valence-corrected chi connectivity index (χ2v) is 6.14. The molecule has 1 aromatic heterocycles. The quantitative estimate of drug-likeness (QED) is 0.748. The summed E-state index contributed by atoms with van der Waals surface area (Å²) in [7, 11) is 2.02. The minimum absolute atomic E-state index is 0.0103. The first-order chi connectivity index (χ1) is 12.1. The highest BCUT2D eigenvalue weighted by molar-refractivity contribution is 5.77. The molecule has 0 spiro atoms. The second kappa shape index (κ2) is 7.49. The first-order valence-corrected chi connectivity index (χ1v) is 8.49. The summed E-state index contributed by atoms with van der Waals surface area (Å²) in [6.07, 6.45) is 0. The fourth-order valence-corrected chi connectivity index (χ4v) is 2.79. The van der Waals surface area contributed by atoms with E-state index in [0.29, 0.717) is 17.8 Å². The molecule has 130 valence electrons. The fraction of sp³-hybridized carbons (Fsp3) is 0.300. The van der Waals surface area contributed by atoms with Gasteiger partial charge < -0.3 is 9.72 Å². The standard InChI is InChI=1S/C20H23N3O2/c1-4-25-16-11-9-15(10-12-16)13-23(3)14(2)19-21-18-8-6-5-7-17(18)20(24)22-19/h5-12,14H,4,13H2,1-3H3,(H,21,22,24). The number of fused-ring (bicyclic) bond motifs is 1. The van der Waals surface area contributed by atoms with Crippen molar-refractivity contribution in [2.45, 2.75) is 26.4 Å². The Balaban J connectivity index is 1.78. The molecule has 0 saturated carbocycles. The van der Waals surface area contributed by atoms with Crippen LogP contribution in [0.25, 0.3) is 10.9 Å². The Bertz CT molecular complexity index is 903. The summed E-state index contributed by atoms with van der Waals surface area (Å²) in [4.78, 5) is 21.9. The number of H-pyrrole nitrogens is 1. The normalized spacial score (nSPS) is 12.5. The molecule has 0 radical (unpaired) electrons. The number of rotatable bonds is 6. The van der Waals surface area contributed by atoms with Crippen molar-refractivity contribution >= 4 is 10.9 Å². The fourth-order valence-electron chi connectivity index (χ4n) is 2.79. The topological polar surface area (TPSA) is 58.2 Å². The van der Waals surface area contributed by atoms with Crippen molar-refractivity contribution in [2.75, 3.05) is 13.7 Å². The Morgan fingerprint density at radius 2 is 1.88 bits per heavy atom. The molecule has 1 unspecified atom stereocenters. The van der Waals surface area contributed by atoms with Crippen LogP contribution in [0.2, 0.25) is 0 Å². The highest BCUT2D eigenvalue weighted by atomic mass is 16.5. The van der Waals surface area contributed by atoms with Gasteiger partial charge >= 0.3 is 0 Å². The summed E-state index contributed by atoms with van der Waals surface area (Å²) in [5.41, 5.74) is 1.81. The van der Waals surface area contributed by atoms with Crippen LogP contribution in [0.3, 0.4) is 0 Å². The summed E-state index contributed by atoms with van der Waals surface area (Å²) in [5, 5.41) is 0.618. The first-order valence-electron chi connectivity index (χ1n) is 8.49. The Kier molecular flexibility index (Phi) is 5.14. The molecule has 0 saturated heterocycles. The molecular weight excluding hydrogens is 314 g/mol. The monoisotopic (exact) mass is 337 g/mol. The van der Waals surface area contributed by atoms with E-state index in [1.165, 1.54) is 5.56 Å². The summed E-state index contributed by atoms with van der Waals surface area (Å²) in [6.45, 7) is 5.43. The molecule has 3 aromatic rings. The number of ether oxygens (including phenoxy) is 1. The lowest BCUT2D eigenvalue weighted by Crippen LogP contribution is -2.26. The predicted molar refractivity (Wildman–Crippen MR) is 99.9 cm³/mol. The minimum Gasteiger partial charge on any atom is -0.494 e. The van der Waals surface area contributed by atoms with Crippen LogP contribution in [0.4, 0.5) is 0 Å². The average Bonchev–Trinajstić information content (AvgIpc) is 2.63. The highest BCUT2D eigenvalue weighted by Gasteiger charge is 2.16. The van der Waals surface area contributed by atoms with Crippen molar-refractivity contribution in [3.63, 3.8) is 0 Å². The zero-order chi connectivity index (χ0) is 17.8. The number of nitrogens with zero attached hydrogens (tertiary/aromatic N) is 2. The van der Waals surface area contributed by atoms with Gasteiger partial charge in [0, 0.05) is 6.54 Å². The van der Waals surface area contributed by atoms with E-state index in [4.69, 9.17) is 4.74 Å². The molecule has 0 fully saturated rings. The lowest BCUT2D eigenvalue weighted by Gasteiger charge is -2.24. The molecule has 2 aromatic carbocycles. The molecule has 1 N–H and O–H groups in total. The number of para-hydroxylation sites is 1. The van der Waals surface area contributed by atoms with Gasteiger partial charge in [0.05, 0.1) is 23.6 Å². The van der Waals surface area contributed by atoms with Crippen molar-refractivity contribution in [3.8, 4) is 5.75 Å². The van der Waals surface area contributed by atoms with Gasteiger partial charge in [0.2, 0.25) is 0 Å². The van der Waals surface area contributed by atoms with Gasteiger partial charge in [0.25, 0.3) is 5.56 Å². The maximum Gasteiger partial charge on any atom is 0.258 e. The van der Waals surface area contributed by atoms with E-state index >= 15 is 0 Å². The molecule has 0 aliphatic carbocycles. The lowest BCUT2D eigenvalue weighted by atomic mass is 10.1. The van der Waals surface area contributed by atoms with Crippen LogP contribution in [-0.2, 0) is 6.54 Å². The number of hydrogen-bond donors (Lipinski definition) is 1. The maximum atomic E-state index is 12.3. The molecule has 1 atom stereocenters. The third kappa shape index (κ3) is 3.88. The average molecular weight is 337 g/mol. The summed E-state index contributed by atoms with van der Waals surface area (Å²) < 4.78 is 5.47. The van der Waals surface area contributed by atoms with E-state index in [-0.39, 0.29) is 11.6 Å². The molecule has 0 aliphatic rings. The van der Waals surface area contributed by atoms with Crippen molar-refractivity contribution < 1.29 is 4.74 Å². The van der Waals surface area contributed by atoms with Gasteiger partial charge in [-0.05, 0) is 50.7 Å². The van der Waals surface area contributed by atoms with Crippen LogP contribution in [0, 0.1) is 0 Å². The van der Waals surface area contributed by atoms with E-state index < -0.39 is 0 Å². The Morgan fingerprint density at radius 3 is 2.60 bits per heavy atom. The van der Waals surface area contributed by atoms with E-state index in [0.717, 1.165) is 17.8 Å². The summed E-state index contributed by atoms with van der Waals surface area (Å²) >= 11 is 0. The molecular formula is C20H23N3O2. The first kappa shape index (κ1) is 17.2. The number of aromatic amines is 1. The molecule has 0 aliphatic heterocycles. The van der Waals surface area contributed by atoms with Crippen LogP contribution in [-0.4, -0.2) is 28.5 Å². The van der Waals surface area contributed by atoms with E-state index in [1.54, 1.807) is 6.07 Å². The zero-order valence-electron chi connectivity index (χ0n) is 14.8. The number of aromatic nitrogens is 2. The molecule has 5 heteroatoms. The summed E-state index contributed by atoms with van der Waals surface area (Å²) in [5.74, 6) is 1.56. The van der Waals surface area contributed by atoms with Gasteiger partial charge in [-0.3, -0.25) is 9.69 Å². The third-order valence-corrected chi connectivity index (χ3v) is 4.35. The number of hydrogen-bond acceptors (Lipinski definition) is 4. The van der Waals surface area contributed by atoms with Gasteiger partial charge in [0.1, 0.15) is 11.6 Å². The van der Waals surface area contributed by atoms with Crippen molar-refractivity contribution in [3.05, 3.63) is 70.3 Å². The van der Waals surface area contributed by atoms with Crippen molar-refractivity contribution in [1.82, 2.24) is 14.9 Å². The Morgan fingerprint density at radius 1 is 1.16 bits per heavy atom. The molecule has 1 heterocycles. The molecule has 0 bridgehead atoms. The number of benzene rings is 2. The van der Waals surface area contributed by atoms with Crippen LogP contribution < -0.4 is 10.3 Å². The van der Waals surface area contributed by atoms with E-state index in [2.05, 4.69) is 27.0 Å². The van der Waals surface area contributed by atoms with Crippen molar-refractivity contribution in [1.29, 1.82) is 0 Å². The van der Waals surface area contributed by atoms with Gasteiger partial charge in [-0.25, -0.2) is 4.98 Å². The third-order valence-electron chi connectivity index (χ3n) is 4.35. The number of nitrogens with one attached hydrogen (secondary N) is 1. The highest BCUT2D eigenvalue weighted by Crippen LogP contribution is 2.20. The van der Waals surface area contributed by atoms with Crippen LogP contribution >= 0.6 is 0 Å². The second-order valence-electron chi connectivity index (χ2n) is 6.14. The molecule has 5 nitrogen and oxygen atoms in total. The molecule has 3 rings (SSSR count). The van der Waals surface area contributed by atoms with Crippen LogP contribution in [0.15, 0.2) is 53.3 Å². The lowest BCUT2D eigenvalue weighted by molar-refractivity contribution is 0.243. The minimum atomic E-state index is -0.0954. The Labute approximate surface area is 147 Å².